The van der Waals surface area contributed by atoms with Crippen molar-refractivity contribution in [1.29, 1.82) is 0 Å². The largest absolute Gasteiger partial charge is 0.504 e. The molecule has 1 aliphatic rings. The molecule has 1 heterocycles. The third-order valence-corrected chi connectivity index (χ3v) is 6.77. The fourth-order valence-electron chi connectivity index (χ4n) is 3.27. The monoisotopic (exact) mass is 461 g/mol. The van der Waals surface area contributed by atoms with Crippen LogP contribution in [0, 0.1) is 0 Å². The van der Waals surface area contributed by atoms with Crippen LogP contribution in [0.15, 0.2) is 63.8 Å². The fraction of sp³-hybridized carbons (Fsp3) is 0.105. The minimum Gasteiger partial charge on any atom is -0.504 e. The topological polar surface area (TPSA) is 167 Å². The lowest BCUT2D eigenvalue weighted by Gasteiger charge is -2.17. The van der Waals surface area contributed by atoms with Crippen molar-refractivity contribution in [3.05, 3.63) is 59.8 Å². The first-order valence-electron chi connectivity index (χ1n) is 8.81. The Morgan fingerprint density at radius 3 is 2.52 bits per heavy atom. The number of benzene rings is 2. The molecule has 1 unspecified atom stereocenters. The summed E-state index contributed by atoms with van der Waals surface area (Å²) in [6.07, 6.45) is 4.38. The fourth-order valence-corrected chi connectivity index (χ4v) is 4.64. The Labute approximate surface area is 177 Å². The number of hydrogen-bond donors (Lipinski definition) is 3. The Morgan fingerprint density at radius 2 is 1.81 bits per heavy atom. The predicted octanol–water partition coefficient (Wildman–Crippen LogP) is 3.43. The Morgan fingerprint density at radius 1 is 1.03 bits per heavy atom. The van der Waals surface area contributed by atoms with E-state index in [9.17, 15) is 31.0 Å². The first kappa shape index (κ1) is 21.1. The highest BCUT2D eigenvalue weighted by Crippen LogP contribution is 2.38. The summed E-state index contributed by atoms with van der Waals surface area (Å²) in [5.41, 5.74) is 1.45. The molecule has 0 radical (unpaired) electrons. The maximum atomic E-state index is 11.7. The van der Waals surface area contributed by atoms with Crippen molar-refractivity contribution < 1.29 is 31.0 Å². The van der Waals surface area contributed by atoms with E-state index in [2.05, 4.69) is 15.2 Å². The van der Waals surface area contributed by atoms with Crippen molar-refractivity contribution in [2.75, 3.05) is 0 Å². The number of phenolic OH excluding ortho intramolecular Hbond substituents is 1. The molecule has 0 saturated heterocycles. The molecular weight excluding hydrogens is 446 g/mol. The lowest BCUT2D eigenvalue weighted by Crippen LogP contribution is -2.22. The number of pyridine rings is 1. The zero-order valence-corrected chi connectivity index (χ0v) is 17.2. The van der Waals surface area contributed by atoms with Gasteiger partial charge < -0.3 is 5.11 Å². The van der Waals surface area contributed by atoms with Gasteiger partial charge in [-0.2, -0.15) is 21.9 Å². The van der Waals surface area contributed by atoms with Crippen LogP contribution in [0.4, 0.5) is 11.4 Å². The molecule has 160 valence electrons. The van der Waals surface area contributed by atoms with Crippen molar-refractivity contribution in [1.82, 2.24) is 4.98 Å². The van der Waals surface area contributed by atoms with Gasteiger partial charge in [-0.15, -0.1) is 5.11 Å². The molecule has 1 atom stereocenters. The van der Waals surface area contributed by atoms with Gasteiger partial charge in [0.15, 0.2) is 5.75 Å². The summed E-state index contributed by atoms with van der Waals surface area (Å²) < 4.78 is 64.9. The second kappa shape index (κ2) is 7.50. The van der Waals surface area contributed by atoms with Crippen LogP contribution >= 0.6 is 0 Å². The Hall–Kier alpha value is -3.19. The molecule has 1 aliphatic carbocycles. The molecule has 1 aromatic heterocycles. The summed E-state index contributed by atoms with van der Waals surface area (Å²) >= 11 is 0. The average Bonchev–Trinajstić information content (AvgIpc) is 2.71. The standard InChI is InChI=1S/C19H15N3O7S2/c23-19-16(10-17(31(27,28)29)15-2-1-7-20-18(15)19)22-21-13-5-3-12-9-14(30(24,25)26)6-4-11(12)8-13/h1-8,10,14,23H,9H2,(H,24,25,26)(H,27,28,29). The van der Waals surface area contributed by atoms with Crippen LogP contribution < -0.4 is 0 Å². The number of phenols is 1. The van der Waals surface area contributed by atoms with Crippen LogP contribution in [0.1, 0.15) is 11.1 Å². The van der Waals surface area contributed by atoms with Gasteiger partial charge in [-0.25, -0.2) is 0 Å². The molecule has 0 saturated carbocycles. The first-order valence-corrected chi connectivity index (χ1v) is 11.8. The van der Waals surface area contributed by atoms with E-state index >= 15 is 0 Å². The number of azo groups is 1. The van der Waals surface area contributed by atoms with E-state index in [0.29, 0.717) is 16.8 Å². The maximum Gasteiger partial charge on any atom is 0.295 e. The second-order valence-corrected chi connectivity index (χ2v) is 9.84. The third-order valence-electron chi connectivity index (χ3n) is 4.78. The van der Waals surface area contributed by atoms with E-state index in [1.807, 2.05) is 0 Å². The van der Waals surface area contributed by atoms with E-state index in [1.54, 1.807) is 24.3 Å². The Balaban J connectivity index is 1.73. The van der Waals surface area contributed by atoms with Gasteiger partial charge >= 0.3 is 0 Å². The van der Waals surface area contributed by atoms with E-state index in [1.165, 1.54) is 24.4 Å². The summed E-state index contributed by atoms with van der Waals surface area (Å²) in [5, 5.41) is 17.4. The van der Waals surface area contributed by atoms with Gasteiger partial charge in [0.2, 0.25) is 0 Å². The van der Waals surface area contributed by atoms with Crippen LogP contribution in [0.5, 0.6) is 5.75 Å². The van der Waals surface area contributed by atoms with Crippen LogP contribution in [0.25, 0.3) is 17.0 Å². The minimum absolute atomic E-state index is 0.0359. The SMILES string of the molecule is O=S(=O)(O)c1cc(N=Nc2ccc3c(c2)C=CC(S(=O)(=O)O)C3)c(O)c2ncccc12. The summed E-state index contributed by atoms with van der Waals surface area (Å²) in [6, 6.07) is 8.66. The molecule has 10 nitrogen and oxygen atoms in total. The number of aromatic hydroxyl groups is 1. The molecule has 3 N–H and O–H groups in total. The third kappa shape index (κ3) is 4.18. The van der Waals surface area contributed by atoms with Gasteiger partial charge in [-0.05, 0) is 47.9 Å². The number of aromatic nitrogens is 1. The normalized spacial score (nSPS) is 16.6. The molecular formula is C19H15N3O7S2. The second-order valence-electron chi connectivity index (χ2n) is 6.82. The quantitative estimate of drug-likeness (QED) is 0.392. The smallest absolute Gasteiger partial charge is 0.295 e. The molecule has 0 bridgehead atoms. The highest BCUT2D eigenvalue weighted by atomic mass is 32.2. The summed E-state index contributed by atoms with van der Waals surface area (Å²) in [4.78, 5) is 3.48. The predicted molar refractivity (Wildman–Crippen MR) is 112 cm³/mol. The van der Waals surface area contributed by atoms with Crippen LogP contribution in [0.3, 0.4) is 0 Å². The van der Waals surface area contributed by atoms with Crippen molar-refractivity contribution in [2.45, 2.75) is 16.6 Å². The lowest BCUT2D eigenvalue weighted by molar-refractivity contribution is 0.473. The van der Waals surface area contributed by atoms with Gasteiger partial charge in [-0.1, -0.05) is 18.2 Å². The molecule has 4 rings (SSSR count). The summed E-state index contributed by atoms with van der Waals surface area (Å²) in [7, 11) is -8.81. The van der Waals surface area contributed by atoms with Gasteiger partial charge in [0.1, 0.15) is 21.3 Å². The zero-order chi connectivity index (χ0) is 22.4. The van der Waals surface area contributed by atoms with Crippen molar-refractivity contribution in [3.63, 3.8) is 0 Å². The van der Waals surface area contributed by atoms with Gasteiger partial charge in [0, 0.05) is 11.6 Å². The lowest BCUT2D eigenvalue weighted by atomic mass is 9.97. The number of hydrogen-bond acceptors (Lipinski definition) is 8. The van der Waals surface area contributed by atoms with E-state index in [-0.39, 0.29) is 23.0 Å². The molecule has 0 spiro atoms. The molecule has 0 fully saturated rings. The van der Waals surface area contributed by atoms with E-state index < -0.39 is 36.1 Å². The molecule has 3 aromatic rings. The van der Waals surface area contributed by atoms with E-state index in [0.717, 1.165) is 6.07 Å². The summed E-state index contributed by atoms with van der Waals surface area (Å²) in [6.45, 7) is 0. The molecule has 0 aliphatic heterocycles. The Kier molecular flexibility index (Phi) is 5.09. The average molecular weight is 461 g/mol. The van der Waals surface area contributed by atoms with E-state index in [4.69, 9.17) is 0 Å². The first-order chi connectivity index (χ1) is 14.5. The van der Waals surface area contributed by atoms with Gasteiger partial charge in [0.25, 0.3) is 20.2 Å². The van der Waals surface area contributed by atoms with Gasteiger partial charge in [0.05, 0.1) is 5.69 Å². The minimum atomic E-state index is -4.61. The molecule has 0 amide bonds. The molecule has 2 aromatic carbocycles. The van der Waals surface area contributed by atoms with Crippen LogP contribution in [-0.4, -0.2) is 41.3 Å². The van der Waals surface area contributed by atoms with Crippen molar-refractivity contribution in [3.8, 4) is 5.75 Å². The van der Waals surface area contributed by atoms with Gasteiger partial charge in [-0.3, -0.25) is 14.1 Å². The van der Waals surface area contributed by atoms with Crippen molar-refractivity contribution >= 4 is 48.6 Å². The number of nitrogens with zero attached hydrogens (tertiary/aromatic N) is 3. The zero-order valence-electron chi connectivity index (χ0n) is 15.6. The highest BCUT2D eigenvalue weighted by molar-refractivity contribution is 7.86. The molecule has 12 heteroatoms. The molecule has 31 heavy (non-hydrogen) atoms. The Bertz CT molecular complexity index is 1480. The maximum absolute atomic E-state index is 11.7. The number of rotatable bonds is 4. The highest BCUT2D eigenvalue weighted by Gasteiger charge is 2.24. The van der Waals surface area contributed by atoms with Crippen LogP contribution in [0.2, 0.25) is 0 Å². The summed E-state index contributed by atoms with van der Waals surface area (Å²) in [5.74, 6) is -0.402. The number of fused-ring (bicyclic) bond motifs is 2. The van der Waals surface area contributed by atoms with Crippen molar-refractivity contribution in [2.24, 2.45) is 10.2 Å². The van der Waals surface area contributed by atoms with Crippen LogP contribution in [-0.2, 0) is 26.7 Å².